The van der Waals surface area contributed by atoms with Crippen molar-refractivity contribution in [1.29, 1.82) is 0 Å². The zero-order valence-electron chi connectivity index (χ0n) is 11.6. The van der Waals surface area contributed by atoms with Crippen molar-refractivity contribution in [3.8, 4) is 23.0 Å². The molecule has 21 heavy (non-hydrogen) atoms. The molecule has 0 bridgehead atoms. The summed E-state index contributed by atoms with van der Waals surface area (Å²) in [5.74, 6) is -0.354. The van der Waals surface area contributed by atoms with Crippen LogP contribution in [0.15, 0.2) is 36.4 Å². The fourth-order valence-corrected chi connectivity index (χ4v) is 1.83. The number of methoxy groups -OCH3 is 2. The van der Waals surface area contributed by atoms with Crippen LogP contribution in [-0.2, 0) is 0 Å². The fraction of sp³-hybridized carbons (Fsp3) is 0.133. The number of aromatic hydroxyl groups is 2. The number of hydrogen-bond acceptors (Lipinski definition) is 5. The maximum atomic E-state index is 12.1. The standard InChI is InChI=1S/C15H15NO5/c1-20-12-7-6-9(8-13(12)21-2)16-15(19)10-4-3-5-11(17)14(10)18/h3-8,17-18H,1-2H3,(H,16,19). The Bertz CT molecular complexity index is 669. The number of ether oxygens (including phenoxy) is 2. The lowest BCUT2D eigenvalue weighted by atomic mass is 10.1. The third-order valence-corrected chi connectivity index (χ3v) is 2.90. The van der Waals surface area contributed by atoms with Crippen molar-refractivity contribution >= 4 is 11.6 Å². The highest BCUT2D eigenvalue weighted by molar-refractivity contribution is 6.06. The largest absolute Gasteiger partial charge is 0.504 e. The molecular weight excluding hydrogens is 274 g/mol. The number of benzene rings is 2. The van der Waals surface area contributed by atoms with Crippen LogP contribution in [0.4, 0.5) is 5.69 Å². The first-order valence-corrected chi connectivity index (χ1v) is 6.11. The molecule has 0 aromatic heterocycles. The molecule has 0 unspecified atom stereocenters. The molecule has 2 rings (SSSR count). The Labute approximate surface area is 121 Å². The summed E-state index contributed by atoms with van der Waals surface area (Å²) in [6, 6.07) is 9.05. The minimum absolute atomic E-state index is 0.0233. The van der Waals surface area contributed by atoms with E-state index in [9.17, 15) is 15.0 Å². The second kappa shape index (κ2) is 6.04. The molecule has 0 spiro atoms. The molecule has 6 nitrogen and oxygen atoms in total. The van der Waals surface area contributed by atoms with Gasteiger partial charge in [0.25, 0.3) is 5.91 Å². The molecule has 0 heterocycles. The Morgan fingerprint density at radius 1 is 1.05 bits per heavy atom. The highest BCUT2D eigenvalue weighted by Gasteiger charge is 2.15. The van der Waals surface area contributed by atoms with Gasteiger partial charge in [0.1, 0.15) is 0 Å². The minimum atomic E-state index is -0.546. The predicted octanol–water partition coefficient (Wildman–Crippen LogP) is 2.37. The van der Waals surface area contributed by atoms with E-state index in [0.29, 0.717) is 17.2 Å². The minimum Gasteiger partial charge on any atom is -0.504 e. The molecule has 0 aliphatic carbocycles. The normalized spacial score (nSPS) is 10.0. The lowest BCUT2D eigenvalue weighted by Gasteiger charge is -2.11. The van der Waals surface area contributed by atoms with E-state index in [-0.39, 0.29) is 11.3 Å². The van der Waals surface area contributed by atoms with E-state index in [2.05, 4.69) is 5.32 Å². The van der Waals surface area contributed by atoms with Crippen molar-refractivity contribution < 1.29 is 24.5 Å². The number of nitrogens with one attached hydrogen (secondary N) is 1. The van der Waals surface area contributed by atoms with E-state index in [0.717, 1.165) is 0 Å². The molecule has 0 saturated carbocycles. The van der Waals surface area contributed by atoms with Crippen LogP contribution in [0.1, 0.15) is 10.4 Å². The van der Waals surface area contributed by atoms with Crippen LogP contribution in [0.25, 0.3) is 0 Å². The van der Waals surface area contributed by atoms with E-state index in [4.69, 9.17) is 9.47 Å². The van der Waals surface area contributed by atoms with Crippen LogP contribution >= 0.6 is 0 Å². The third kappa shape index (κ3) is 3.00. The molecule has 110 valence electrons. The van der Waals surface area contributed by atoms with Gasteiger partial charge in [-0.15, -0.1) is 0 Å². The highest BCUT2D eigenvalue weighted by atomic mass is 16.5. The van der Waals surface area contributed by atoms with Gasteiger partial charge < -0.3 is 25.0 Å². The average molecular weight is 289 g/mol. The maximum absolute atomic E-state index is 12.1. The monoisotopic (exact) mass is 289 g/mol. The zero-order chi connectivity index (χ0) is 15.4. The first-order valence-electron chi connectivity index (χ1n) is 6.11. The zero-order valence-corrected chi connectivity index (χ0v) is 11.6. The Morgan fingerprint density at radius 2 is 1.76 bits per heavy atom. The van der Waals surface area contributed by atoms with Gasteiger partial charge in [0.05, 0.1) is 19.8 Å². The Balaban J connectivity index is 2.25. The van der Waals surface area contributed by atoms with Gasteiger partial charge in [-0.2, -0.15) is 0 Å². The van der Waals surface area contributed by atoms with E-state index in [1.54, 1.807) is 18.2 Å². The number of para-hydroxylation sites is 1. The predicted molar refractivity (Wildman–Crippen MR) is 77.3 cm³/mol. The van der Waals surface area contributed by atoms with Gasteiger partial charge in [-0.25, -0.2) is 0 Å². The second-order valence-corrected chi connectivity index (χ2v) is 4.20. The SMILES string of the molecule is COc1ccc(NC(=O)c2cccc(O)c2O)cc1OC. The van der Waals surface area contributed by atoms with Crippen molar-refractivity contribution in [1.82, 2.24) is 0 Å². The molecule has 2 aromatic rings. The molecule has 2 aromatic carbocycles. The quantitative estimate of drug-likeness (QED) is 0.752. The van der Waals surface area contributed by atoms with Gasteiger partial charge in [-0.1, -0.05) is 6.07 Å². The number of amides is 1. The Kier molecular flexibility index (Phi) is 4.18. The topological polar surface area (TPSA) is 88.0 Å². The molecule has 0 fully saturated rings. The van der Waals surface area contributed by atoms with Gasteiger partial charge in [-0.05, 0) is 24.3 Å². The van der Waals surface area contributed by atoms with Crippen molar-refractivity contribution in [2.75, 3.05) is 19.5 Å². The smallest absolute Gasteiger partial charge is 0.259 e. The van der Waals surface area contributed by atoms with Gasteiger partial charge in [0.2, 0.25) is 0 Å². The maximum Gasteiger partial charge on any atom is 0.259 e. The molecule has 0 aliphatic rings. The first-order chi connectivity index (χ1) is 10.1. The van der Waals surface area contributed by atoms with Gasteiger partial charge >= 0.3 is 0 Å². The van der Waals surface area contributed by atoms with E-state index in [1.165, 1.54) is 32.4 Å². The lowest BCUT2D eigenvalue weighted by Crippen LogP contribution is -2.12. The molecule has 3 N–H and O–H groups in total. The van der Waals surface area contributed by atoms with Gasteiger partial charge in [-0.3, -0.25) is 4.79 Å². The second-order valence-electron chi connectivity index (χ2n) is 4.20. The fourth-order valence-electron chi connectivity index (χ4n) is 1.83. The summed E-state index contributed by atoms with van der Waals surface area (Å²) >= 11 is 0. The number of phenols is 2. The molecule has 6 heteroatoms. The lowest BCUT2D eigenvalue weighted by molar-refractivity contribution is 0.102. The van der Waals surface area contributed by atoms with Crippen molar-refractivity contribution in [2.45, 2.75) is 0 Å². The number of carbonyl (C=O) groups excluding carboxylic acids is 1. The van der Waals surface area contributed by atoms with Crippen LogP contribution < -0.4 is 14.8 Å². The van der Waals surface area contributed by atoms with Crippen molar-refractivity contribution in [3.63, 3.8) is 0 Å². The highest BCUT2D eigenvalue weighted by Crippen LogP contribution is 2.31. The van der Waals surface area contributed by atoms with Gasteiger partial charge in [0.15, 0.2) is 23.0 Å². The van der Waals surface area contributed by atoms with Crippen LogP contribution in [0, 0.1) is 0 Å². The summed E-state index contributed by atoms with van der Waals surface area (Å²) < 4.78 is 10.2. The Hall–Kier alpha value is -2.89. The summed E-state index contributed by atoms with van der Waals surface area (Å²) in [7, 11) is 3.01. The summed E-state index contributed by atoms with van der Waals surface area (Å²) in [4.78, 5) is 12.1. The Morgan fingerprint density at radius 3 is 2.43 bits per heavy atom. The number of phenolic OH excluding ortho intramolecular Hbond substituents is 2. The van der Waals surface area contributed by atoms with E-state index < -0.39 is 11.7 Å². The molecule has 0 saturated heterocycles. The molecule has 1 amide bonds. The molecular formula is C15H15NO5. The number of carbonyl (C=O) groups is 1. The van der Waals surface area contributed by atoms with Crippen molar-refractivity contribution in [3.05, 3.63) is 42.0 Å². The van der Waals surface area contributed by atoms with Crippen molar-refractivity contribution in [2.24, 2.45) is 0 Å². The van der Waals surface area contributed by atoms with E-state index in [1.807, 2.05) is 0 Å². The first kappa shape index (κ1) is 14.5. The van der Waals surface area contributed by atoms with Crippen LogP contribution in [-0.4, -0.2) is 30.3 Å². The van der Waals surface area contributed by atoms with E-state index >= 15 is 0 Å². The summed E-state index contributed by atoms with van der Waals surface area (Å²) in [5, 5.41) is 21.7. The number of hydrogen-bond donors (Lipinski definition) is 3. The molecule has 0 radical (unpaired) electrons. The summed E-state index contributed by atoms with van der Waals surface area (Å²) in [5.41, 5.74) is 0.449. The van der Waals surface area contributed by atoms with Crippen LogP contribution in [0.3, 0.4) is 0 Å². The van der Waals surface area contributed by atoms with Crippen LogP contribution in [0.5, 0.6) is 23.0 Å². The van der Waals surface area contributed by atoms with Crippen LogP contribution in [0.2, 0.25) is 0 Å². The summed E-state index contributed by atoms with van der Waals surface area (Å²) in [6.07, 6.45) is 0. The third-order valence-electron chi connectivity index (χ3n) is 2.90. The molecule has 0 aliphatic heterocycles. The number of rotatable bonds is 4. The molecule has 0 atom stereocenters. The van der Waals surface area contributed by atoms with Gasteiger partial charge in [0, 0.05) is 11.8 Å². The summed E-state index contributed by atoms with van der Waals surface area (Å²) in [6.45, 7) is 0. The number of anilines is 1. The average Bonchev–Trinajstić information content (AvgIpc) is 2.49.